The van der Waals surface area contributed by atoms with Gasteiger partial charge in [0.25, 0.3) is 0 Å². The second kappa shape index (κ2) is 4.81. The number of carboxylic acids is 1. The molecule has 1 aliphatic rings. The van der Waals surface area contributed by atoms with Gasteiger partial charge in [-0.25, -0.2) is 9.18 Å². The van der Waals surface area contributed by atoms with E-state index < -0.39 is 11.8 Å². The van der Waals surface area contributed by atoms with Crippen molar-refractivity contribution in [1.82, 2.24) is 5.32 Å². The maximum atomic E-state index is 13.4. The Morgan fingerprint density at radius 1 is 1.59 bits per heavy atom. The second-order valence-corrected chi connectivity index (χ2v) is 4.06. The third-order valence-electron chi connectivity index (χ3n) is 2.86. The number of carbonyl (C=O) groups is 1. The number of carboxylic acid groups (broad SMARTS) is 1. The molecule has 1 fully saturated rings. The highest BCUT2D eigenvalue weighted by atomic mass is 19.1. The minimum absolute atomic E-state index is 0.206. The van der Waals surface area contributed by atoms with Gasteiger partial charge in [-0.1, -0.05) is 0 Å². The molecule has 1 saturated heterocycles. The number of aromatic carboxylic acids is 1. The molecule has 0 saturated carbocycles. The van der Waals surface area contributed by atoms with E-state index in [1.54, 1.807) is 6.92 Å². The van der Waals surface area contributed by atoms with Gasteiger partial charge in [-0.2, -0.15) is 0 Å². The fourth-order valence-electron chi connectivity index (χ4n) is 1.97. The summed E-state index contributed by atoms with van der Waals surface area (Å²) in [4.78, 5) is 10.9. The summed E-state index contributed by atoms with van der Waals surface area (Å²) in [5.74, 6) is -1.96. The van der Waals surface area contributed by atoms with Gasteiger partial charge in [0, 0.05) is 13.1 Å². The summed E-state index contributed by atoms with van der Waals surface area (Å²) >= 11 is 0. The summed E-state index contributed by atoms with van der Waals surface area (Å²) in [5, 5.41) is 12.0. The van der Waals surface area contributed by atoms with Crippen LogP contribution >= 0.6 is 0 Å². The number of hydrogen-bond acceptors (Lipinski definition) is 3. The number of halogens is 1. The Labute approximate surface area is 98.4 Å². The van der Waals surface area contributed by atoms with Gasteiger partial charge in [-0.3, -0.25) is 0 Å². The first-order valence-corrected chi connectivity index (χ1v) is 5.45. The van der Waals surface area contributed by atoms with Crippen LogP contribution in [0.1, 0.15) is 27.6 Å². The van der Waals surface area contributed by atoms with Crippen molar-refractivity contribution in [2.45, 2.75) is 13.0 Å². The van der Waals surface area contributed by atoms with Crippen molar-refractivity contribution in [1.29, 1.82) is 0 Å². The first kappa shape index (κ1) is 12.0. The SMILES string of the molecule is Cc1cc(F)c(C(=O)O)cc1C1CNCCO1. The zero-order valence-electron chi connectivity index (χ0n) is 9.50. The van der Waals surface area contributed by atoms with Gasteiger partial charge in [0.15, 0.2) is 0 Å². The van der Waals surface area contributed by atoms with Crippen LogP contribution in [0.4, 0.5) is 4.39 Å². The van der Waals surface area contributed by atoms with Crippen LogP contribution in [0, 0.1) is 12.7 Å². The predicted molar refractivity (Wildman–Crippen MR) is 59.7 cm³/mol. The molecular weight excluding hydrogens is 225 g/mol. The summed E-state index contributed by atoms with van der Waals surface area (Å²) in [6.45, 7) is 3.72. The lowest BCUT2D eigenvalue weighted by molar-refractivity contribution is 0.0272. The second-order valence-electron chi connectivity index (χ2n) is 4.06. The van der Waals surface area contributed by atoms with Gasteiger partial charge in [0.1, 0.15) is 5.82 Å². The molecule has 4 nitrogen and oxygen atoms in total. The molecule has 1 aromatic rings. The van der Waals surface area contributed by atoms with Crippen molar-refractivity contribution in [3.63, 3.8) is 0 Å². The lowest BCUT2D eigenvalue weighted by Crippen LogP contribution is -2.33. The molecule has 17 heavy (non-hydrogen) atoms. The third kappa shape index (κ3) is 2.45. The Kier molecular flexibility index (Phi) is 3.40. The smallest absolute Gasteiger partial charge is 0.338 e. The molecule has 2 rings (SSSR count). The lowest BCUT2D eigenvalue weighted by atomic mass is 9.99. The zero-order chi connectivity index (χ0) is 12.4. The minimum Gasteiger partial charge on any atom is -0.478 e. The van der Waals surface area contributed by atoms with Crippen LogP contribution in [0.25, 0.3) is 0 Å². The molecule has 0 amide bonds. The van der Waals surface area contributed by atoms with Crippen LogP contribution in [0.5, 0.6) is 0 Å². The highest BCUT2D eigenvalue weighted by Crippen LogP contribution is 2.25. The molecule has 2 N–H and O–H groups in total. The van der Waals surface area contributed by atoms with Crippen molar-refractivity contribution in [3.05, 3.63) is 34.6 Å². The molecule has 0 aliphatic carbocycles. The van der Waals surface area contributed by atoms with E-state index >= 15 is 0 Å². The quantitative estimate of drug-likeness (QED) is 0.821. The van der Waals surface area contributed by atoms with Crippen molar-refractivity contribution in [2.75, 3.05) is 19.7 Å². The summed E-state index contributed by atoms with van der Waals surface area (Å²) in [5.41, 5.74) is 1.14. The Morgan fingerprint density at radius 3 is 2.94 bits per heavy atom. The fraction of sp³-hybridized carbons (Fsp3) is 0.417. The number of nitrogens with one attached hydrogen (secondary N) is 1. The number of aryl methyl sites for hydroxylation is 1. The highest BCUT2D eigenvalue weighted by molar-refractivity contribution is 5.88. The van der Waals surface area contributed by atoms with Crippen LogP contribution in [0.2, 0.25) is 0 Å². The van der Waals surface area contributed by atoms with Crippen molar-refractivity contribution < 1.29 is 19.0 Å². The van der Waals surface area contributed by atoms with E-state index in [2.05, 4.69) is 5.32 Å². The van der Waals surface area contributed by atoms with Crippen molar-refractivity contribution in [3.8, 4) is 0 Å². The maximum Gasteiger partial charge on any atom is 0.338 e. The topological polar surface area (TPSA) is 58.6 Å². The van der Waals surface area contributed by atoms with Gasteiger partial charge in [0.2, 0.25) is 0 Å². The number of ether oxygens (including phenoxy) is 1. The summed E-state index contributed by atoms with van der Waals surface area (Å²) in [6.07, 6.45) is -0.206. The van der Waals surface area contributed by atoms with E-state index in [4.69, 9.17) is 9.84 Å². The van der Waals surface area contributed by atoms with Gasteiger partial charge in [-0.15, -0.1) is 0 Å². The van der Waals surface area contributed by atoms with E-state index in [-0.39, 0.29) is 11.7 Å². The number of hydrogen-bond donors (Lipinski definition) is 2. The molecular formula is C12H14FNO3. The molecule has 0 spiro atoms. The van der Waals surface area contributed by atoms with Crippen molar-refractivity contribution >= 4 is 5.97 Å². The third-order valence-corrected chi connectivity index (χ3v) is 2.86. The van der Waals surface area contributed by atoms with Crippen LogP contribution in [0.3, 0.4) is 0 Å². The van der Waals surface area contributed by atoms with E-state index in [9.17, 15) is 9.18 Å². The average molecular weight is 239 g/mol. The van der Waals surface area contributed by atoms with Gasteiger partial charge >= 0.3 is 5.97 Å². The number of rotatable bonds is 2. The molecule has 1 aliphatic heterocycles. The first-order valence-electron chi connectivity index (χ1n) is 5.45. The van der Waals surface area contributed by atoms with E-state index in [0.29, 0.717) is 18.7 Å². The maximum absolute atomic E-state index is 13.4. The molecule has 1 heterocycles. The summed E-state index contributed by atoms with van der Waals surface area (Å²) in [7, 11) is 0. The predicted octanol–water partition coefficient (Wildman–Crippen LogP) is 1.49. The molecule has 92 valence electrons. The molecule has 5 heteroatoms. The Morgan fingerprint density at radius 2 is 2.35 bits per heavy atom. The largest absolute Gasteiger partial charge is 0.478 e. The van der Waals surface area contributed by atoms with Crippen LogP contribution < -0.4 is 5.32 Å². The zero-order valence-corrected chi connectivity index (χ0v) is 9.50. The Balaban J connectivity index is 2.38. The Bertz CT molecular complexity index is 442. The molecule has 0 aromatic heterocycles. The van der Waals surface area contributed by atoms with Crippen LogP contribution in [-0.2, 0) is 4.74 Å². The molecule has 0 radical (unpaired) electrons. The standard InChI is InChI=1S/C12H14FNO3/c1-7-4-10(13)9(12(15)16)5-8(7)11-6-14-2-3-17-11/h4-5,11,14H,2-3,6H2,1H3,(H,15,16). The van der Waals surface area contributed by atoms with Crippen molar-refractivity contribution in [2.24, 2.45) is 0 Å². The van der Waals surface area contributed by atoms with E-state index in [1.165, 1.54) is 12.1 Å². The number of morpholine rings is 1. The molecule has 1 atom stereocenters. The fourth-order valence-corrected chi connectivity index (χ4v) is 1.97. The minimum atomic E-state index is -1.26. The number of benzene rings is 1. The van der Waals surface area contributed by atoms with Crippen LogP contribution in [0.15, 0.2) is 12.1 Å². The van der Waals surface area contributed by atoms with Gasteiger partial charge in [0.05, 0.1) is 18.3 Å². The molecule has 1 aromatic carbocycles. The van der Waals surface area contributed by atoms with Gasteiger partial charge in [-0.05, 0) is 30.2 Å². The summed E-state index contributed by atoms with van der Waals surface area (Å²) in [6, 6.07) is 2.61. The van der Waals surface area contributed by atoms with E-state index in [1.807, 2.05) is 0 Å². The molecule has 0 bridgehead atoms. The first-order chi connectivity index (χ1) is 8.09. The Hall–Kier alpha value is -1.46. The van der Waals surface area contributed by atoms with E-state index in [0.717, 1.165) is 12.1 Å². The molecule has 1 unspecified atom stereocenters. The van der Waals surface area contributed by atoms with Crippen LogP contribution in [-0.4, -0.2) is 30.8 Å². The monoisotopic (exact) mass is 239 g/mol. The summed E-state index contributed by atoms with van der Waals surface area (Å²) < 4.78 is 19.0. The highest BCUT2D eigenvalue weighted by Gasteiger charge is 2.21. The van der Waals surface area contributed by atoms with Gasteiger partial charge < -0.3 is 15.2 Å². The lowest BCUT2D eigenvalue weighted by Gasteiger charge is -2.25. The average Bonchev–Trinajstić information content (AvgIpc) is 2.29. The normalized spacial score (nSPS) is 20.2.